The van der Waals surface area contributed by atoms with Crippen molar-refractivity contribution < 1.29 is 45.3 Å². The highest BCUT2D eigenvalue weighted by molar-refractivity contribution is 5.81. The lowest BCUT2D eigenvalue weighted by atomic mass is 9.30. The van der Waals surface area contributed by atoms with Crippen molar-refractivity contribution >= 4 is 5.97 Å². The van der Waals surface area contributed by atoms with Crippen molar-refractivity contribution in [2.24, 2.45) is 62.6 Å². The highest BCUT2D eigenvalue weighted by Crippen LogP contribution is 2.78. The Kier molecular flexibility index (Phi) is 9.44. The average molecular weight is 653 g/mol. The number of ether oxygens (including phenoxy) is 1. The quantitative estimate of drug-likeness (QED) is 0.160. The normalized spacial score (nSPS) is 50.0. The molecule has 0 heterocycles. The minimum Gasteiger partial charge on any atom is -0.431 e. The summed E-state index contributed by atoms with van der Waals surface area (Å²) in [7, 11) is 0. The number of hydrogen-bond acceptors (Lipinski definition) is 9. The van der Waals surface area contributed by atoms with Gasteiger partial charge in [0.15, 0.2) is 5.60 Å². The molecule has 5 aliphatic carbocycles. The van der Waals surface area contributed by atoms with E-state index in [1.807, 2.05) is 0 Å². The molecular weight excluding hydrogens is 588 g/mol. The fraction of sp³-hybridized carbons (Fsp3) is 0.973. The number of hydrogen-bond donors (Lipinski definition) is 7. The van der Waals surface area contributed by atoms with Crippen LogP contribution in [-0.2, 0) is 9.53 Å². The molecule has 5 aliphatic rings. The molecule has 0 spiro atoms. The topological polar surface area (TPSA) is 168 Å². The second-order valence-corrected chi connectivity index (χ2v) is 18.4. The molecular formula is C37H64O9. The van der Waals surface area contributed by atoms with Gasteiger partial charge in [-0.2, -0.15) is 0 Å². The molecule has 0 aromatic heterocycles. The monoisotopic (exact) mass is 652 g/mol. The number of aliphatic hydroxyl groups is 7. The van der Waals surface area contributed by atoms with Crippen molar-refractivity contribution in [3.8, 4) is 0 Å². The third-order valence-electron chi connectivity index (χ3n) is 16.3. The summed E-state index contributed by atoms with van der Waals surface area (Å²) in [4.78, 5) is 14.2. The Balaban J connectivity index is 1.49. The molecule has 0 amide bonds. The summed E-state index contributed by atoms with van der Waals surface area (Å²) in [6.45, 7) is 18.0. The summed E-state index contributed by atoms with van der Waals surface area (Å²) in [5.74, 6) is 1.57. The molecule has 2 unspecified atom stereocenters. The molecule has 0 saturated heterocycles. The van der Waals surface area contributed by atoms with E-state index in [-0.39, 0.29) is 34.5 Å². The molecule has 0 aromatic carbocycles. The molecule has 0 aliphatic heterocycles. The SMILES string of the molecule is C[C@@H]1[C@H]2[C@H]3CC[C@@H]4[C@]5(C)[C@@H](CC[C@@]4(C)[C@]3(C)CC[C@@]2(C)CC[C@H]1C)C(C)(C)CCC5(O)C(=O)OC(O)[C@@H](O)[C@@H](O)[C@H](O)[C@H](O)CO. The van der Waals surface area contributed by atoms with Gasteiger partial charge in [0, 0.05) is 5.41 Å². The number of fused-ring (bicyclic) bond motifs is 7. The lowest BCUT2D eigenvalue weighted by molar-refractivity contribution is -0.298. The Morgan fingerprint density at radius 2 is 1.39 bits per heavy atom. The predicted molar refractivity (Wildman–Crippen MR) is 173 cm³/mol. The van der Waals surface area contributed by atoms with Crippen LogP contribution in [0.1, 0.15) is 120 Å². The molecule has 266 valence electrons. The smallest absolute Gasteiger partial charge is 0.341 e. The lowest BCUT2D eigenvalue weighted by Crippen LogP contribution is -2.73. The maximum atomic E-state index is 14.2. The van der Waals surface area contributed by atoms with Gasteiger partial charge >= 0.3 is 5.97 Å². The van der Waals surface area contributed by atoms with Gasteiger partial charge in [-0.3, -0.25) is 0 Å². The van der Waals surface area contributed by atoms with Crippen molar-refractivity contribution in [3.63, 3.8) is 0 Å². The number of esters is 1. The van der Waals surface area contributed by atoms with Gasteiger partial charge < -0.3 is 40.5 Å². The predicted octanol–water partition coefficient (Wildman–Crippen LogP) is 3.77. The first-order valence-electron chi connectivity index (χ1n) is 18.1. The van der Waals surface area contributed by atoms with Crippen molar-refractivity contribution in [2.45, 2.75) is 156 Å². The Labute approximate surface area is 276 Å². The van der Waals surface area contributed by atoms with Crippen LogP contribution in [0.15, 0.2) is 0 Å². The van der Waals surface area contributed by atoms with Gasteiger partial charge in [0.1, 0.15) is 24.4 Å². The summed E-state index contributed by atoms with van der Waals surface area (Å²) in [6, 6.07) is 0. The Morgan fingerprint density at radius 1 is 0.739 bits per heavy atom. The second-order valence-electron chi connectivity index (χ2n) is 18.4. The summed E-state index contributed by atoms with van der Waals surface area (Å²) in [6.07, 6.45) is -0.804. The van der Waals surface area contributed by atoms with Crippen molar-refractivity contribution in [2.75, 3.05) is 6.61 Å². The van der Waals surface area contributed by atoms with E-state index in [9.17, 15) is 35.4 Å². The maximum Gasteiger partial charge on any atom is 0.341 e. The molecule has 0 bridgehead atoms. The van der Waals surface area contributed by atoms with Gasteiger partial charge in [0.05, 0.1) is 6.61 Å². The van der Waals surface area contributed by atoms with E-state index in [0.717, 1.165) is 32.1 Å². The lowest BCUT2D eigenvalue weighted by Gasteiger charge is -2.75. The van der Waals surface area contributed by atoms with Crippen LogP contribution in [0.25, 0.3) is 0 Å². The molecule has 5 rings (SSSR count). The minimum absolute atomic E-state index is 0.0150. The molecule has 0 aromatic rings. The molecule has 9 heteroatoms. The first kappa shape index (κ1) is 36.5. The van der Waals surface area contributed by atoms with Crippen LogP contribution in [0.5, 0.6) is 0 Å². The number of carbonyl (C=O) groups is 1. The first-order chi connectivity index (χ1) is 21.2. The fourth-order valence-corrected chi connectivity index (χ4v) is 13.0. The average Bonchev–Trinajstić information content (AvgIpc) is 3.00. The second kappa shape index (κ2) is 11.9. The van der Waals surface area contributed by atoms with E-state index < -0.39 is 54.3 Å². The first-order valence-corrected chi connectivity index (χ1v) is 18.1. The van der Waals surface area contributed by atoms with Gasteiger partial charge in [0.2, 0.25) is 6.29 Å². The standard InChI is InChI=1S/C37H64O9/c1-20-11-13-33(5)16-17-34(6)22(26(33)21(20)2)9-10-25-35(34,7)14-12-24-32(3,4)15-18-37(45,36(24,25)8)31(44)46-30(43)29(42)28(41)27(40)23(39)19-38/h20-30,38-43,45H,9-19H2,1-8H3/t20-,21+,22-,23-,24+,25+,26+,27-,28+,29+,30?,33-,34-,35-,36+,37?/m1/s1. The fourth-order valence-electron chi connectivity index (χ4n) is 13.0. The molecule has 5 fully saturated rings. The number of rotatable bonds is 7. The van der Waals surface area contributed by atoms with Crippen LogP contribution in [0, 0.1) is 62.6 Å². The Morgan fingerprint density at radius 3 is 2.02 bits per heavy atom. The third kappa shape index (κ3) is 4.98. The zero-order valence-electron chi connectivity index (χ0n) is 29.6. The zero-order valence-corrected chi connectivity index (χ0v) is 29.6. The third-order valence-corrected chi connectivity index (χ3v) is 16.3. The molecule has 0 radical (unpaired) electrons. The van der Waals surface area contributed by atoms with Crippen LogP contribution < -0.4 is 0 Å². The van der Waals surface area contributed by atoms with Gasteiger partial charge in [-0.25, -0.2) is 4.79 Å². The molecule has 7 N–H and O–H groups in total. The Hall–Kier alpha value is -0.810. The molecule has 9 nitrogen and oxygen atoms in total. The van der Waals surface area contributed by atoms with E-state index in [0.29, 0.717) is 35.5 Å². The van der Waals surface area contributed by atoms with Crippen molar-refractivity contribution in [1.82, 2.24) is 0 Å². The van der Waals surface area contributed by atoms with Gasteiger partial charge in [-0.05, 0) is 121 Å². The molecule has 5 saturated carbocycles. The van der Waals surface area contributed by atoms with Crippen molar-refractivity contribution in [3.05, 3.63) is 0 Å². The van der Waals surface area contributed by atoms with E-state index in [1.165, 1.54) is 19.3 Å². The largest absolute Gasteiger partial charge is 0.431 e. The van der Waals surface area contributed by atoms with E-state index in [4.69, 9.17) is 9.84 Å². The highest BCUT2D eigenvalue weighted by atomic mass is 16.7. The zero-order chi connectivity index (χ0) is 34.4. The number of aliphatic hydroxyl groups excluding tert-OH is 6. The van der Waals surface area contributed by atoms with Gasteiger partial charge in [-0.1, -0.05) is 55.4 Å². The van der Waals surface area contributed by atoms with E-state index in [1.54, 1.807) is 0 Å². The number of carbonyl (C=O) groups excluding carboxylic acids is 1. The van der Waals surface area contributed by atoms with E-state index >= 15 is 0 Å². The summed E-state index contributed by atoms with van der Waals surface area (Å²) in [5.41, 5.74) is -2.72. The van der Waals surface area contributed by atoms with Crippen LogP contribution in [0.3, 0.4) is 0 Å². The van der Waals surface area contributed by atoms with Crippen LogP contribution in [0.2, 0.25) is 0 Å². The highest BCUT2D eigenvalue weighted by Gasteiger charge is 2.75. The Bertz CT molecular complexity index is 1150. The van der Waals surface area contributed by atoms with Gasteiger partial charge in [-0.15, -0.1) is 0 Å². The summed E-state index contributed by atoms with van der Waals surface area (Å²) >= 11 is 0. The van der Waals surface area contributed by atoms with Crippen LogP contribution >= 0.6 is 0 Å². The summed E-state index contributed by atoms with van der Waals surface area (Å²) in [5, 5.41) is 73.2. The van der Waals surface area contributed by atoms with Crippen molar-refractivity contribution in [1.29, 1.82) is 0 Å². The maximum absolute atomic E-state index is 14.2. The van der Waals surface area contributed by atoms with Crippen LogP contribution in [0.4, 0.5) is 0 Å². The van der Waals surface area contributed by atoms with E-state index in [2.05, 4.69) is 55.4 Å². The minimum atomic E-state index is -2.27. The van der Waals surface area contributed by atoms with Crippen LogP contribution in [-0.4, -0.2) is 84.6 Å². The molecule has 46 heavy (non-hydrogen) atoms. The summed E-state index contributed by atoms with van der Waals surface area (Å²) < 4.78 is 5.38. The molecule has 16 atom stereocenters. The van der Waals surface area contributed by atoms with Gasteiger partial charge in [0.25, 0.3) is 0 Å².